The maximum atomic E-state index is 11.1. The predicted octanol–water partition coefficient (Wildman–Crippen LogP) is 0.686. The number of ketones is 1. The fourth-order valence-electron chi connectivity index (χ4n) is 1.19. The Kier molecular flexibility index (Phi) is 2.85. The van der Waals surface area contributed by atoms with E-state index in [-0.39, 0.29) is 22.5 Å². The molecule has 5 heteroatoms. The normalized spacial score (nSPS) is 9.67. The van der Waals surface area contributed by atoms with Gasteiger partial charge in [-0.2, -0.15) is 0 Å². The molecular formula is C10H9NO4. The Hall–Kier alpha value is -2.17. The van der Waals surface area contributed by atoms with Crippen molar-refractivity contribution in [2.75, 3.05) is 0 Å². The van der Waals surface area contributed by atoms with E-state index in [1.807, 2.05) is 0 Å². The summed E-state index contributed by atoms with van der Waals surface area (Å²) in [6.07, 6.45) is 0. The summed E-state index contributed by atoms with van der Waals surface area (Å²) in [7, 11) is 0. The number of hydrogen-bond donors (Lipinski definition) is 2. The number of carboxylic acid groups (broad SMARTS) is 1. The van der Waals surface area contributed by atoms with E-state index in [9.17, 15) is 14.4 Å². The molecule has 0 bridgehead atoms. The second-order valence-electron chi connectivity index (χ2n) is 2.99. The third-order valence-electron chi connectivity index (χ3n) is 1.91. The molecule has 78 valence electrons. The minimum absolute atomic E-state index is 0.0672. The van der Waals surface area contributed by atoms with Gasteiger partial charge in [-0.05, 0) is 25.1 Å². The molecule has 0 aromatic heterocycles. The summed E-state index contributed by atoms with van der Waals surface area (Å²) in [5, 5.41) is 8.68. The highest BCUT2D eigenvalue weighted by atomic mass is 16.4. The molecule has 0 radical (unpaired) electrons. The van der Waals surface area contributed by atoms with E-state index < -0.39 is 11.9 Å². The van der Waals surface area contributed by atoms with Crippen LogP contribution in [0.5, 0.6) is 0 Å². The van der Waals surface area contributed by atoms with Crippen LogP contribution in [0.25, 0.3) is 0 Å². The number of aromatic carboxylic acids is 1. The van der Waals surface area contributed by atoms with Gasteiger partial charge < -0.3 is 10.8 Å². The van der Waals surface area contributed by atoms with Gasteiger partial charge >= 0.3 is 5.97 Å². The van der Waals surface area contributed by atoms with Crippen molar-refractivity contribution in [1.29, 1.82) is 0 Å². The van der Waals surface area contributed by atoms with Gasteiger partial charge in [0.25, 0.3) is 0 Å². The van der Waals surface area contributed by atoms with Crippen LogP contribution in [0, 0.1) is 0 Å². The number of Topliss-reactive ketones (excluding diaryl/α,β-unsaturated/α-hetero) is 1. The summed E-state index contributed by atoms with van der Waals surface area (Å²) in [6.45, 7) is 1.28. The predicted molar refractivity (Wildman–Crippen MR) is 51.9 cm³/mol. The van der Waals surface area contributed by atoms with E-state index in [1.165, 1.54) is 19.1 Å². The summed E-state index contributed by atoms with van der Waals surface area (Å²) in [5.74, 6) is -2.32. The van der Waals surface area contributed by atoms with Crippen LogP contribution in [0.2, 0.25) is 0 Å². The average molecular weight is 207 g/mol. The second kappa shape index (κ2) is 3.91. The highest BCUT2D eigenvalue weighted by molar-refractivity contribution is 6.08. The van der Waals surface area contributed by atoms with Crippen molar-refractivity contribution >= 4 is 17.7 Å². The Labute approximate surface area is 85.5 Å². The van der Waals surface area contributed by atoms with Crippen molar-refractivity contribution < 1.29 is 19.5 Å². The molecule has 0 saturated carbocycles. The van der Waals surface area contributed by atoms with E-state index in [0.717, 1.165) is 6.07 Å². The third-order valence-corrected chi connectivity index (χ3v) is 1.91. The van der Waals surface area contributed by atoms with Crippen LogP contribution in [-0.4, -0.2) is 22.8 Å². The quantitative estimate of drug-likeness (QED) is 0.712. The van der Waals surface area contributed by atoms with Crippen molar-refractivity contribution in [3.63, 3.8) is 0 Å². The number of carboxylic acids is 1. The molecule has 1 rings (SSSR count). The molecule has 3 N–H and O–H groups in total. The zero-order valence-electron chi connectivity index (χ0n) is 7.98. The summed E-state index contributed by atoms with van der Waals surface area (Å²) in [4.78, 5) is 32.7. The SMILES string of the molecule is CC(=O)c1ccc(C(=O)O)cc1C(N)=O. The molecule has 0 atom stereocenters. The Bertz CT molecular complexity index is 451. The molecule has 1 aromatic rings. The van der Waals surface area contributed by atoms with Gasteiger partial charge in [0.15, 0.2) is 5.78 Å². The van der Waals surface area contributed by atoms with E-state index in [0.29, 0.717) is 0 Å². The Balaban J connectivity index is 3.40. The summed E-state index contributed by atoms with van der Waals surface area (Å²) >= 11 is 0. The van der Waals surface area contributed by atoms with Crippen molar-refractivity contribution in [3.05, 3.63) is 34.9 Å². The lowest BCUT2D eigenvalue weighted by Gasteiger charge is -2.04. The van der Waals surface area contributed by atoms with Gasteiger partial charge in [-0.3, -0.25) is 9.59 Å². The molecular weight excluding hydrogens is 198 g/mol. The first-order valence-electron chi connectivity index (χ1n) is 4.11. The molecule has 1 aromatic carbocycles. The van der Waals surface area contributed by atoms with Gasteiger partial charge in [0, 0.05) is 5.56 Å². The van der Waals surface area contributed by atoms with Crippen LogP contribution in [0.3, 0.4) is 0 Å². The number of primary amides is 1. The van der Waals surface area contributed by atoms with Crippen molar-refractivity contribution in [2.24, 2.45) is 5.73 Å². The van der Waals surface area contributed by atoms with Crippen LogP contribution in [0.4, 0.5) is 0 Å². The molecule has 0 aliphatic carbocycles. The first-order valence-corrected chi connectivity index (χ1v) is 4.11. The fraction of sp³-hybridized carbons (Fsp3) is 0.100. The van der Waals surface area contributed by atoms with Gasteiger partial charge in [0.2, 0.25) is 5.91 Å². The minimum atomic E-state index is -1.17. The molecule has 1 amide bonds. The van der Waals surface area contributed by atoms with Crippen LogP contribution in [-0.2, 0) is 0 Å². The van der Waals surface area contributed by atoms with Crippen molar-refractivity contribution in [1.82, 2.24) is 0 Å². The van der Waals surface area contributed by atoms with Crippen LogP contribution in [0.1, 0.15) is 38.0 Å². The smallest absolute Gasteiger partial charge is 0.335 e. The van der Waals surface area contributed by atoms with Crippen LogP contribution in [0.15, 0.2) is 18.2 Å². The maximum absolute atomic E-state index is 11.1. The first-order chi connectivity index (χ1) is 6.93. The Morgan fingerprint density at radius 1 is 1.20 bits per heavy atom. The molecule has 5 nitrogen and oxygen atoms in total. The number of benzene rings is 1. The van der Waals surface area contributed by atoms with Gasteiger partial charge in [0.05, 0.1) is 11.1 Å². The second-order valence-corrected chi connectivity index (χ2v) is 2.99. The molecule has 0 aliphatic heterocycles. The zero-order chi connectivity index (χ0) is 11.6. The molecule has 0 heterocycles. The molecule has 0 spiro atoms. The van der Waals surface area contributed by atoms with Gasteiger partial charge in [0.1, 0.15) is 0 Å². The average Bonchev–Trinajstić information content (AvgIpc) is 2.16. The van der Waals surface area contributed by atoms with Gasteiger partial charge in [-0.1, -0.05) is 0 Å². The lowest BCUT2D eigenvalue weighted by molar-refractivity contribution is 0.0696. The first kappa shape index (κ1) is 10.9. The lowest BCUT2D eigenvalue weighted by Crippen LogP contribution is -2.16. The van der Waals surface area contributed by atoms with Crippen molar-refractivity contribution in [3.8, 4) is 0 Å². The summed E-state index contributed by atoms with van der Waals surface area (Å²) in [6, 6.07) is 3.64. The van der Waals surface area contributed by atoms with E-state index in [4.69, 9.17) is 10.8 Å². The third kappa shape index (κ3) is 2.19. The van der Waals surface area contributed by atoms with E-state index in [2.05, 4.69) is 0 Å². The van der Waals surface area contributed by atoms with Gasteiger partial charge in [-0.15, -0.1) is 0 Å². The zero-order valence-corrected chi connectivity index (χ0v) is 7.98. The highest BCUT2D eigenvalue weighted by Crippen LogP contribution is 2.12. The van der Waals surface area contributed by atoms with Crippen LogP contribution >= 0.6 is 0 Å². The summed E-state index contributed by atoms with van der Waals surface area (Å²) < 4.78 is 0. The van der Waals surface area contributed by atoms with Crippen LogP contribution < -0.4 is 5.73 Å². The minimum Gasteiger partial charge on any atom is -0.478 e. The standard InChI is InChI=1S/C10H9NO4/c1-5(12)7-3-2-6(10(14)15)4-8(7)9(11)13/h2-4H,1H3,(H2,11,13)(H,14,15). The monoisotopic (exact) mass is 207 g/mol. The Morgan fingerprint density at radius 2 is 1.80 bits per heavy atom. The number of carbonyl (C=O) groups excluding carboxylic acids is 2. The van der Waals surface area contributed by atoms with E-state index in [1.54, 1.807) is 0 Å². The number of amides is 1. The largest absolute Gasteiger partial charge is 0.478 e. The Morgan fingerprint density at radius 3 is 2.20 bits per heavy atom. The van der Waals surface area contributed by atoms with Crippen molar-refractivity contribution in [2.45, 2.75) is 6.92 Å². The number of rotatable bonds is 3. The lowest BCUT2D eigenvalue weighted by atomic mass is 10.0. The topological polar surface area (TPSA) is 97.5 Å². The molecule has 15 heavy (non-hydrogen) atoms. The van der Waals surface area contributed by atoms with Gasteiger partial charge in [-0.25, -0.2) is 4.79 Å². The molecule has 0 aliphatic rings. The fourth-order valence-corrected chi connectivity index (χ4v) is 1.19. The summed E-state index contributed by atoms with van der Waals surface area (Å²) in [5.41, 5.74) is 5.03. The number of carbonyl (C=O) groups is 3. The number of nitrogens with two attached hydrogens (primary N) is 1. The maximum Gasteiger partial charge on any atom is 0.335 e. The molecule has 0 saturated heterocycles. The van der Waals surface area contributed by atoms with E-state index >= 15 is 0 Å². The highest BCUT2D eigenvalue weighted by Gasteiger charge is 2.14. The molecule has 0 unspecified atom stereocenters. The number of hydrogen-bond acceptors (Lipinski definition) is 3. The molecule has 0 fully saturated rings.